The van der Waals surface area contributed by atoms with Crippen molar-refractivity contribution in [2.45, 2.75) is 45.8 Å². The lowest BCUT2D eigenvalue weighted by molar-refractivity contribution is 0.0805. The summed E-state index contributed by atoms with van der Waals surface area (Å²) in [5.74, 6) is 6.78. The summed E-state index contributed by atoms with van der Waals surface area (Å²) in [4.78, 5) is 8.84. The molecule has 0 aromatic carbocycles. The summed E-state index contributed by atoms with van der Waals surface area (Å²) in [6.07, 6.45) is 6.60. The summed E-state index contributed by atoms with van der Waals surface area (Å²) < 4.78 is 1.60. The van der Waals surface area contributed by atoms with E-state index in [1.165, 1.54) is 11.2 Å². The molecule has 0 spiro atoms. The summed E-state index contributed by atoms with van der Waals surface area (Å²) in [7, 11) is 0. The smallest absolute Gasteiger partial charge is 0.164 e. The summed E-state index contributed by atoms with van der Waals surface area (Å²) in [5, 5.41) is 28.9. The molecule has 0 aliphatic carbocycles. The molecule has 6 N–H and O–H groups in total. The Balaban J connectivity index is 2.01. The van der Waals surface area contributed by atoms with Gasteiger partial charge in [0, 0.05) is 42.0 Å². The highest BCUT2D eigenvalue weighted by molar-refractivity contribution is 5.78. The Hall–Kier alpha value is -3.68. The van der Waals surface area contributed by atoms with E-state index in [4.69, 9.17) is 16.8 Å². The number of fused-ring (bicyclic) bond motifs is 1. The molecule has 10 nitrogen and oxygen atoms in total. The molecular formula is C21H27N9O. The van der Waals surface area contributed by atoms with E-state index in [0.717, 1.165) is 11.1 Å². The molecule has 0 saturated heterocycles. The molecule has 3 rings (SSSR count). The Bertz CT molecular complexity index is 1150. The molecule has 0 amide bonds. The first kappa shape index (κ1) is 22.0. The third-order valence-electron chi connectivity index (χ3n) is 4.29. The van der Waals surface area contributed by atoms with Gasteiger partial charge in [-0.1, -0.05) is 0 Å². The number of aromatic nitrogens is 4. The highest BCUT2D eigenvalue weighted by atomic mass is 16.3. The van der Waals surface area contributed by atoms with Crippen LogP contribution in [0.1, 0.15) is 39.7 Å². The molecule has 162 valence electrons. The fraction of sp³-hybridized carbons (Fsp3) is 0.333. The van der Waals surface area contributed by atoms with E-state index in [9.17, 15) is 5.11 Å². The average molecular weight is 422 g/mol. The van der Waals surface area contributed by atoms with Crippen LogP contribution >= 0.6 is 0 Å². The van der Waals surface area contributed by atoms with Crippen molar-refractivity contribution in [1.82, 2.24) is 19.7 Å². The van der Waals surface area contributed by atoms with Gasteiger partial charge in [0.05, 0.1) is 34.9 Å². The fourth-order valence-corrected chi connectivity index (χ4v) is 3.13. The summed E-state index contributed by atoms with van der Waals surface area (Å²) in [6.45, 7) is 7.38. The number of hydrogen-bond donors (Lipinski definition) is 4. The van der Waals surface area contributed by atoms with Crippen molar-refractivity contribution in [2.75, 3.05) is 10.3 Å². The zero-order valence-corrected chi connectivity index (χ0v) is 18.0. The Labute approximate surface area is 180 Å². The van der Waals surface area contributed by atoms with Crippen LogP contribution in [0.15, 0.2) is 42.6 Å². The van der Waals surface area contributed by atoms with E-state index >= 15 is 0 Å². The lowest BCUT2D eigenvalue weighted by Crippen LogP contribution is -2.30. The minimum atomic E-state index is -0.942. The highest BCUT2D eigenvalue weighted by Gasteiger charge is 2.17. The Morgan fingerprint density at radius 2 is 2.06 bits per heavy atom. The van der Waals surface area contributed by atoms with Crippen molar-refractivity contribution in [3.05, 3.63) is 48.2 Å². The number of nitrogens with two attached hydrogens (primary N) is 2. The van der Waals surface area contributed by atoms with Gasteiger partial charge < -0.3 is 16.2 Å². The molecule has 0 bridgehead atoms. The molecule has 0 atom stereocenters. The van der Waals surface area contributed by atoms with Crippen molar-refractivity contribution in [3.63, 3.8) is 0 Å². The van der Waals surface area contributed by atoms with Crippen LogP contribution in [0.3, 0.4) is 0 Å². The minimum absolute atomic E-state index is 0.130. The second kappa shape index (κ2) is 8.59. The van der Waals surface area contributed by atoms with Gasteiger partial charge in [0.15, 0.2) is 11.5 Å². The van der Waals surface area contributed by atoms with E-state index in [0.29, 0.717) is 28.4 Å². The van der Waals surface area contributed by atoms with Gasteiger partial charge in [-0.25, -0.2) is 15.8 Å². The number of aliphatic hydroxyl groups is 1. The Morgan fingerprint density at radius 1 is 1.32 bits per heavy atom. The highest BCUT2D eigenvalue weighted by Crippen LogP contribution is 2.28. The predicted molar refractivity (Wildman–Crippen MR) is 120 cm³/mol. The number of nitriles is 1. The summed E-state index contributed by atoms with van der Waals surface area (Å²) in [6, 6.07) is 5.75. The van der Waals surface area contributed by atoms with Crippen molar-refractivity contribution in [3.8, 4) is 11.9 Å². The normalized spacial score (nSPS) is 12.3. The number of hydrogen-bond acceptors (Lipinski definition) is 9. The first-order valence-electron chi connectivity index (χ1n) is 9.80. The van der Waals surface area contributed by atoms with E-state index in [1.807, 2.05) is 19.9 Å². The summed E-state index contributed by atoms with van der Waals surface area (Å²) >= 11 is 0. The van der Waals surface area contributed by atoms with Crippen molar-refractivity contribution < 1.29 is 5.11 Å². The van der Waals surface area contributed by atoms with Gasteiger partial charge >= 0.3 is 0 Å². The Morgan fingerprint density at radius 3 is 2.71 bits per heavy atom. The standard InChI is InChI=1S/C21H27N9O/c1-13(2)28-17-6-19(30-20-15(10-27-30)5-14(8-22)9-26-20)25-11-18(17)29(24)12-16(23)7-21(3,4)31/h5-6,9-13,31H,7,23-24H2,1-4H3,(H,25,28)/b16-12-. The zero-order chi connectivity index (χ0) is 22.8. The fourth-order valence-electron chi connectivity index (χ4n) is 3.13. The van der Waals surface area contributed by atoms with Crippen LogP contribution in [-0.2, 0) is 0 Å². The number of pyridine rings is 2. The number of anilines is 2. The molecule has 0 unspecified atom stereocenters. The second-order valence-corrected chi connectivity index (χ2v) is 8.26. The SMILES string of the molecule is CC(C)Nc1cc(-n2ncc3cc(C#N)cnc32)ncc1N(N)/C=C(\N)CC(C)(C)O. The monoisotopic (exact) mass is 421 g/mol. The number of hydrazine groups is 1. The molecule has 0 aliphatic heterocycles. The average Bonchev–Trinajstić information content (AvgIpc) is 3.08. The van der Waals surface area contributed by atoms with Crippen LogP contribution in [0.5, 0.6) is 0 Å². The first-order valence-corrected chi connectivity index (χ1v) is 9.80. The molecule has 3 heterocycles. The Kier molecular flexibility index (Phi) is 6.10. The molecule has 0 radical (unpaired) electrons. The third kappa shape index (κ3) is 5.28. The predicted octanol–water partition coefficient (Wildman–Crippen LogP) is 2.15. The van der Waals surface area contributed by atoms with Crippen LogP contribution in [0.25, 0.3) is 16.9 Å². The molecular weight excluding hydrogens is 394 g/mol. The largest absolute Gasteiger partial charge is 0.401 e. The van der Waals surface area contributed by atoms with Gasteiger partial charge in [-0.15, -0.1) is 0 Å². The summed E-state index contributed by atoms with van der Waals surface area (Å²) in [5.41, 5.74) is 7.92. The van der Waals surface area contributed by atoms with Gasteiger partial charge in [-0.2, -0.15) is 15.0 Å². The van der Waals surface area contributed by atoms with Crippen LogP contribution in [0, 0.1) is 11.3 Å². The molecule has 10 heteroatoms. The van der Waals surface area contributed by atoms with E-state index in [2.05, 4.69) is 26.5 Å². The van der Waals surface area contributed by atoms with Gasteiger partial charge in [-0.05, 0) is 33.8 Å². The lowest BCUT2D eigenvalue weighted by Gasteiger charge is -2.23. The number of nitrogens with zero attached hydrogens (tertiary/aromatic N) is 6. The zero-order valence-electron chi connectivity index (χ0n) is 18.0. The lowest BCUT2D eigenvalue weighted by atomic mass is 10.0. The molecule has 31 heavy (non-hydrogen) atoms. The van der Waals surface area contributed by atoms with Crippen LogP contribution in [0.4, 0.5) is 11.4 Å². The molecule has 3 aromatic heterocycles. The first-order chi connectivity index (χ1) is 14.6. The molecule has 0 aliphatic rings. The van der Waals surface area contributed by atoms with E-state index in [-0.39, 0.29) is 12.5 Å². The third-order valence-corrected chi connectivity index (χ3v) is 4.29. The van der Waals surface area contributed by atoms with Crippen LogP contribution < -0.4 is 21.9 Å². The number of rotatable bonds is 7. The van der Waals surface area contributed by atoms with Crippen molar-refractivity contribution in [1.29, 1.82) is 5.26 Å². The van der Waals surface area contributed by atoms with Gasteiger partial charge in [0.25, 0.3) is 0 Å². The maximum Gasteiger partial charge on any atom is 0.164 e. The molecule has 0 saturated carbocycles. The van der Waals surface area contributed by atoms with E-state index in [1.54, 1.807) is 43.2 Å². The molecule has 3 aromatic rings. The van der Waals surface area contributed by atoms with E-state index < -0.39 is 5.60 Å². The van der Waals surface area contributed by atoms with Crippen molar-refractivity contribution in [2.24, 2.45) is 11.6 Å². The maximum atomic E-state index is 9.97. The van der Waals surface area contributed by atoms with Crippen molar-refractivity contribution >= 4 is 22.4 Å². The minimum Gasteiger partial charge on any atom is -0.401 e. The van der Waals surface area contributed by atoms with Gasteiger partial charge in [0.2, 0.25) is 0 Å². The topological polar surface area (TPSA) is 155 Å². The maximum absolute atomic E-state index is 9.97. The van der Waals surface area contributed by atoms with Gasteiger partial charge in [-0.3, -0.25) is 5.01 Å². The molecule has 0 fully saturated rings. The quantitative estimate of drug-likeness (QED) is 0.331. The van der Waals surface area contributed by atoms with Crippen LogP contribution in [-0.4, -0.2) is 36.5 Å². The second-order valence-electron chi connectivity index (χ2n) is 8.26. The van der Waals surface area contributed by atoms with Crippen LogP contribution in [0.2, 0.25) is 0 Å². The van der Waals surface area contributed by atoms with Gasteiger partial charge in [0.1, 0.15) is 6.07 Å². The number of nitrogens with one attached hydrogen (secondary N) is 1.